The van der Waals surface area contributed by atoms with Crippen molar-refractivity contribution in [1.29, 1.82) is 0 Å². The standard InChI is InChI=1S/C15H15BrF2N2/c1-3-20-15(10-6-7-19-8-9(10)2)13-12(17)5-4-11(16)14(13)18/h4-8,15,20H,3H2,1-2H3. The largest absolute Gasteiger partial charge is 0.306 e. The van der Waals surface area contributed by atoms with Crippen LogP contribution in [0.2, 0.25) is 0 Å². The van der Waals surface area contributed by atoms with Crippen molar-refractivity contribution in [3.63, 3.8) is 0 Å². The summed E-state index contributed by atoms with van der Waals surface area (Å²) in [7, 11) is 0. The number of rotatable bonds is 4. The van der Waals surface area contributed by atoms with E-state index in [9.17, 15) is 8.78 Å². The lowest BCUT2D eigenvalue weighted by Crippen LogP contribution is -2.25. The molecular weight excluding hydrogens is 326 g/mol. The summed E-state index contributed by atoms with van der Waals surface area (Å²) in [6, 6.07) is 3.88. The van der Waals surface area contributed by atoms with E-state index in [0.717, 1.165) is 11.1 Å². The predicted molar refractivity (Wildman–Crippen MR) is 78.6 cm³/mol. The summed E-state index contributed by atoms with van der Waals surface area (Å²) in [5.41, 5.74) is 1.73. The highest BCUT2D eigenvalue weighted by Crippen LogP contribution is 2.31. The minimum Gasteiger partial charge on any atom is -0.306 e. The Morgan fingerprint density at radius 3 is 2.70 bits per heavy atom. The van der Waals surface area contributed by atoms with Gasteiger partial charge in [0.1, 0.15) is 11.6 Å². The molecule has 0 radical (unpaired) electrons. The lowest BCUT2D eigenvalue weighted by atomic mass is 9.95. The first-order chi connectivity index (χ1) is 9.56. The second-order valence-corrected chi connectivity index (χ2v) is 5.33. The van der Waals surface area contributed by atoms with Crippen molar-refractivity contribution in [2.75, 3.05) is 6.54 Å². The van der Waals surface area contributed by atoms with Crippen molar-refractivity contribution < 1.29 is 8.78 Å². The zero-order chi connectivity index (χ0) is 14.7. The van der Waals surface area contributed by atoms with E-state index in [2.05, 4.69) is 26.2 Å². The minimum atomic E-state index is -0.577. The van der Waals surface area contributed by atoms with Gasteiger partial charge >= 0.3 is 0 Å². The topological polar surface area (TPSA) is 24.9 Å². The molecule has 2 nitrogen and oxygen atoms in total. The molecule has 2 aromatic rings. The molecule has 0 aliphatic carbocycles. The summed E-state index contributed by atoms with van der Waals surface area (Å²) in [5.74, 6) is -1.14. The lowest BCUT2D eigenvalue weighted by Gasteiger charge is -2.22. The maximum absolute atomic E-state index is 14.3. The normalized spacial score (nSPS) is 12.4. The van der Waals surface area contributed by atoms with Gasteiger partial charge in [-0.05, 0) is 58.7 Å². The van der Waals surface area contributed by atoms with Gasteiger partial charge in [-0.25, -0.2) is 8.78 Å². The first kappa shape index (κ1) is 15.1. The van der Waals surface area contributed by atoms with Crippen molar-refractivity contribution in [2.24, 2.45) is 0 Å². The number of aromatic nitrogens is 1. The Bertz CT molecular complexity index is 617. The van der Waals surface area contributed by atoms with Crippen molar-refractivity contribution in [1.82, 2.24) is 10.3 Å². The van der Waals surface area contributed by atoms with Crippen LogP contribution in [0.15, 0.2) is 35.1 Å². The summed E-state index contributed by atoms with van der Waals surface area (Å²) >= 11 is 3.11. The molecular formula is C15H15BrF2N2. The number of benzene rings is 1. The van der Waals surface area contributed by atoms with E-state index < -0.39 is 17.7 Å². The number of pyridine rings is 1. The number of nitrogens with zero attached hydrogens (tertiary/aromatic N) is 1. The molecule has 1 aromatic heterocycles. The summed E-state index contributed by atoms with van der Waals surface area (Å²) in [5, 5.41) is 3.14. The second kappa shape index (κ2) is 6.41. The van der Waals surface area contributed by atoms with Crippen LogP contribution in [-0.4, -0.2) is 11.5 Å². The number of halogens is 3. The quantitative estimate of drug-likeness (QED) is 0.846. The average molecular weight is 341 g/mol. The molecule has 5 heteroatoms. The molecule has 1 atom stereocenters. The fraction of sp³-hybridized carbons (Fsp3) is 0.267. The molecule has 0 spiro atoms. The molecule has 1 heterocycles. The van der Waals surface area contributed by atoms with Gasteiger partial charge in [0.2, 0.25) is 0 Å². The van der Waals surface area contributed by atoms with Crippen molar-refractivity contribution in [3.05, 3.63) is 63.4 Å². The van der Waals surface area contributed by atoms with Crippen LogP contribution in [-0.2, 0) is 0 Å². The zero-order valence-corrected chi connectivity index (χ0v) is 12.8. The fourth-order valence-electron chi connectivity index (χ4n) is 2.19. The van der Waals surface area contributed by atoms with E-state index in [0.29, 0.717) is 6.54 Å². The molecule has 2 rings (SSSR count). The van der Waals surface area contributed by atoms with Gasteiger partial charge in [0.05, 0.1) is 10.5 Å². The van der Waals surface area contributed by atoms with Gasteiger partial charge in [0.25, 0.3) is 0 Å². The van der Waals surface area contributed by atoms with E-state index in [1.165, 1.54) is 12.1 Å². The Hall–Kier alpha value is -1.33. The summed E-state index contributed by atoms with van der Waals surface area (Å²) in [4.78, 5) is 4.02. The van der Waals surface area contributed by atoms with Gasteiger partial charge in [-0.2, -0.15) is 0 Å². The van der Waals surface area contributed by atoms with Gasteiger partial charge in [-0.1, -0.05) is 6.92 Å². The molecule has 0 bridgehead atoms. The Balaban J connectivity index is 2.61. The van der Waals surface area contributed by atoms with E-state index in [1.807, 2.05) is 13.8 Å². The Morgan fingerprint density at radius 2 is 2.05 bits per heavy atom. The lowest BCUT2D eigenvalue weighted by molar-refractivity contribution is 0.506. The van der Waals surface area contributed by atoms with Gasteiger partial charge in [-0.3, -0.25) is 4.98 Å². The van der Waals surface area contributed by atoms with Crippen LogP contribution in [0.4, 0.5) is 8.78 Å². The van der Waals surface area contributed by atoms with Crippen molar-refractivity contribution in [3.8, 4) is 0 Å². The molecule has 0 saturated carbocycles. The smallest absolute Gasteiger partial charge is 0.145 e. The highest BCUT2D eigenvalue weighted by molar-refractivity contribution is 9.10. The van der Waals surface area contributed by atoms with Crippen LogP contribution in [0.5, 0.6) is 0 Å². The Kier molecular flexibility index (Phi) is 4.83. The van der Waals surface area contributed by atoms with Crippen LogP contribution in [0.3, 0.4) is 0 Å². The monoisotopic (exact) mass is 340 g/mol. The van der Waals surface area contributed by atoms with Gasteiger partial charge in [0.15, 0.2) is 0 Å². The highest BCUT2D eigenvalue weighted by Gasteiger charge is 2.24. The summed E-state index contributed by atoms with van der Waals surface area (Å²) in [6.07, 6.45) is 3.31. The number of hydrogen-bond donors (Lipinski definition) is 1. The van der Waals surface area contributed by atoms with Crippen molar-refractivity contribution >= 4 is 15.9 Å². The highest BCUT2D eigenvalue weighted by atomic mass is 79.9. The molecule has 1 aromatic carbocycles. The fourth-order valence-corrected chi connectivity index (χ4v) is 2.53. The SMILES string of the molecule is CCNC(c1ccncc1C)c1c(F)ccc(Br)c1F. The van der Waals surface area contributed by atoms with E-state index in [1.54, 1.807) is 18.5 Å². The third kappa shape index (κ3) is 2.88. The maximum Gasteiger partial charge on any atom is 0.145 e. The molecule has 0 saturated heterocycles. The zero-order valence-electron chi connectivity index (χ0n) is 11.3. The third-order valence-electron chi connectivity index (χ3n) is 3.15. The van der Waals surface area contributed by atoms with Crippen LogP contribution in [0.1, 0.15) is 29.7 Å². The van der Waals surface area contributed by atoms with Crippen LogP contribution in [0.25, 0.3) is 0 Å². The molecule has 0 aliphatic heterocycles. The summed E-state index contributed by atoms with van der Waals surface area (Å²) in [6.45, 7) is 4.37. The van der Waals surface area contributed by atoms with Gasteiger partial charge < -0.3 is 5.32 Å². The van der Waals surface area contributed by atoms with Gasteiger partial charge in [-0.15, -0.1) is 0 Å². The minimum absolute atomic E-state index is 0.0236. The van der Waals surface area contributed by atoms with Crippen LogP contribution in [0, 0.1) is 18.6 Å². The molecule has 1 N–H and O–H groups in total. The van der Waals surface area contributed by atoms with Crippen LogP contribution < -0.4 is 5.32 Å². The number of aryl methyl sites for hydroxylation is 1. The molecule has 20 heavy (non-hydrogen) atoms. The number of hydrogen-bond acceptors (Lipinski definition) is 2. The van der Waals surface area contributed by atoms with Gasteiger partial charge in [0, 0.05) is 18.0 Å². The second-order valence-electron chi connectivity index (χ2n) is 4.48. The van der Waals surface area contributed by atoms with E-state index in [-0.39, 0.29) is 10.0 Å². The summed E-state index contributed by atoms with van der Waals surface area (Å²) < 4.78 is 28.7. The molecule has 106 valence electrons. The molecule has 0 fully saturated rings. The maximum atomic E-state index is 14.3. The Morgan fingerprint density at radius 1 is 1.30 bits per heavy atom. The van der Waals surface area contributed by atoms with Crippen molar-refractivity contribution in [2.45, 2.75) is 19.9 Å². The molecule has 0 aliphatic rings. The first-order valence-electron chi connectivity index (χ1n) is 6.33. The molecule has 0 amide bonds. The van der Waals surface area contributed by atoms with Crippen LogP contribution >= 0.6 is 15.9 Å². The third-order valence-corrected chi connectivity index (χ3v) is 3.76. The Labute approximate surface area is 125 Å². The average Bonchev–Trinajstić information content (AvgIpc) is 2.43. The van der Waals surface area contributed by atoms with E-state index in [4.69, 9.17) is 0 Å². The number of nitrogens with one attached hydrogen (secondary N) is 1. The predicted octanol–water partition coefficient (Wildman–Crippen LogP) is 4.13. The molecule has 1 unspecified atom stereocenters. The van der Waals surface area contributed by atoms with E-state index >= 15 is 0 Å². The first-order valence-corrected chi connectivity index (χ1v) is 7.12.